The first-order valence-electron chi connectivity index (χ1n) is 6.50. The summed E-state index contributed by atoms with van der Waals surface area (Å²) in [6.45, 7) is 11.1. The summed E-state index contributed by atoms with van der Waals surface area (Å²) in [6.07, 6.45) is 4.22. The van der Waals surface area contributed by atoms with Crippen LogP contribution in [-0.4, -0.2) is 25.3 Å². The predicted octanol–water partition coefficient (Wildman–Crippen LogP) is 2.83. The lowest BCUT2D eigenvalue weighted by Crippen LogP contribution is -2.42. The van der Waals surface area contributed by atoms with Crippen LogP contribution in [0.2, 0.25) is 0 Å². The molecular weight excluding hydrogens is 186 g/mol. The molecule has 0 aromatic heterocycles. The van der Waals surface area contributed by atoms with Gasteiger partial charge in [-0.1, -0.05) is 27.7 Å². The molecule has 0 aromatic carbocycles. The second-order valence-electron chi connectivity index (χ2n) is 5.24. The zero-order valence-electron chi connectivity index (χ0n) is 10.8. The van der Waals surface area contributed by atoms with Gasteiger partial charge < -0.3 is 10.1 Å². The van der Waals surface area contributed by atoms with Crippen LogP contribution in [0.15, 0.2) is 0 Å². The average molecular weight is 213 g/mol. The molecule has 1 aliphatic rings. The molecule has 1 fully saturated rings. The molecule has 0 spiro atoms. The lowest BCUT2D eigenvalue weighted by Gasteiger charge is -2.27. The third kappa shape index (κ3) is 4.12. The van der Waals surface area contributed by atoms with Crippen LogP contribution >= 0.6 is 0 Å². The van der Waals surface area contributed by atoms with Crippen molar-refractivity contribution in [1.82, 2.24) is 5.32 Å². The number of nitrogens with one attached hydrogen (secondary N) is 1. The molecule has 2 heteroatoms. The summed E-state index contributed by atoms with van der Waals surface area (Å²) in [5.74, 6) is 1.52. The number of hydrogen-bond acceptors (Lipinski definition) is 2. The van der Waals surface area contributed by atoms with Crippen molar-refractivity contribution in [2.24, 2.45) is 11.8 Å². The van der Waals surface area contributed by atoms with Crippen molar-refractivity contribution in [3.05, 3.63) is 0 Å². The topological polar surface area (TPSA) is 21.3 Å². The van der Waals surface area contributed by atoms with Crippen molar-refractivity contribution >= 4 is 0 Å². The quantitative estimate of drug-likeness (QED) is 0.732. The molecule has 0 aliphatic carbocycles. The van der Waals surface area contributed by atoms with Crippen LogP contribution in [0.3, 0.4) is 0 Å². The highest BCUT2D eigenvalue weighted by atomic mass is 16.5. The van der Waals surface area contributed by atoms with E-state index in [1.807, 2.05) is 0 Å². The van der Waals surface area contributed by atoms with Crippen LogP contribution in [-0.2, 0) is 4.74 Å². The zero-order chi connectivity index (χ0) is 11.3. The van der Waals surface area contributed by atoms with Gasteiger partial charge in [0.25, 0.3) is 0 Å². The van der Waals surface area contributed by atoms with Crippen LogP contribution in [0, 0.1) is 11.8 Å². The second kappa shape index (κ2) is 6.49. The first-order valence-corrected chi connectivity index (χ1v) is 6.50. The highest BCUT2D eigenvalue weighted by Crippen LogP contribution is 2.25. The summed E-state index contributed by atoms with van der Waals surface area (Å²) in [5, 5.41) is 3.59. The second-order valence-corrected chi connectivity index (χ2v) is 5.24. The van der Waals surface area contributed by atoms with Crippen LogP contribution < -0.4 is 5.32 Å². The van der Waals surface area contributed by atoms with E-state index < -0.39 is 0 Å². The van der Waals surface area contributed by atoms with Crippen LogP contribution in [0.4, 0.5) is 0 Å². The van der Waals surface area contributed by atoms with Crippen molar-refractivity contribution < 1.29 is 4.74 Å². The average Bonchev–Trinajstić information content (AvgIpc) is 2.59. The van der Waals surface area contributed by atoms with E-state index >= 15 is 0 Å². The van der Waals surface area contributed by atoms with Gasteiger partial charge >= 0.3 is 0 Å². The van der Waals surface area contributed by atoms with E-state index in [1.54, 1.807) is 0 Å². The SMILES string of the molecule is CCNC(CCC(C)C)C1OCCC1C. The van der Waals surface area contributed by atoms with Crippen molar-refractivity contribution in [3.63, 3.8) is 0 Å². The van der Waals surface area contributed by atoms with Gasteiger partial charge in [-0.25, -0.2) is 0 Å². The molecule has 0 bridgehead atoms. The van der Waals surface area contributed by atoms with Gasteiger partial charge in [0, 0.05) is 12.6 Å². The van der Waals surface area contributed by atoms with Gasteiger partial charge in [0.05, 0.1) is 6.10 Å². The fourth-order valence-electron chi connectivity index (χ4n) is 2.39. The molecular formula is C13H27NO. The van der Waals surface area contributed by atoms with Crippen molar-refractivity contribution in [2.75, 3.05) is 13.2 Å². The third-order valence-electron chi connectivity index (χ3n) is 3.36. The van der Waals surface area contributed by atoms with Gasteiger partial charge in [0.15, 0.2) is 0 Å². The molecule has 0 radical (unpaired) electrons. The largest absolute Gasteiger partial charge is 0.376 e. The Morgan fingerprint density at radius 2 is 2.07 bits per heavy atom. The molecule has 0 amide bonds. The Hall–Kier alpha value is -0.0800. The Morgan fingerprint density at radius 1 is 1.33 bits per heavy atom. The zero-order valence-corrected chi connectivity index (χ0v) is 10.8. The molecule has 1 heterocycles. The van der Waals surface area contributed by atoms with Gasteiger partial charge in [-0.15, -0.1) is 0 Å². The summed E-state index contributed by atoms with van der Waals surface area (Å²) in [7, 11) is 0. The number of rotatable bonds is 6. The van der Waals surface area contributed by atoms with E-state index in [-0.39, 0.29) is 0 Å². The minimum atomic E-state index is 0.448. The van der Waals surface area contributed by atoms with Crippen molar-refractivity contribution in [3.8, 4) is 0 Å². The predicted molar refractivity (Wildman–Crippen MR) is 65.1 cm³/mol. The smallest absolute Gasteiger partial charge is 0.0754 e. The first kappa shape index (κ1) is 13.0. The Kier molecular flexibility index (Phi) is 5.62. The standard InChI is InChI=1S/C13H27NO/c1-5-14-12(7-6-10(2)3)13-11(4)8-9-15-13/h10-14H,5-9H2,1-4H3. The Labute approximate surface area is 94.8 Å². The van der Waals surface area contributed by atoms with E-state index in [4.69, 9.17) is 4.74 Å². The molecule has 0 saturated carbocycles. The van der Waals surface area contributed by atoms with Crippen LogP contribution in [0.25, 0.3) is 0 Å². The monoisotopic (exact) mass is 213 g/mol. The lowest BCUT2D eigenvalue weighted by atomic mass is 9.92. The first-order chi connectivity index (χ1) is 7.15. The molecule has 1 N–H and O–H groups in total. The summed E-state index contributed by atoms with van der Waals surface area (Å²) in [4.78, 5) is 0. The molecule has 3 atom stereocenters. The van der Waals surface area contributed by atoms with E-state index in [1.165, 1.54) is 19.3 Å². The number of hydrogen-bond donors (Lipinski definition) is 1. The minimum absolute atomic E-state index is 0.448. The summed E-state index contributed by atoms with van der Waals surface area (Å²) < 4.78 is 5.85. The van der Waals surface area contributed by atoms with Crippen molar-refractivity contribution in [1.29, 1.82) is 0 Å². The van der Waals surface area contributed by atoms with Gasteiger partial charge in [0.2, 0.25) is 0 Å². The molecule has 90 valence electrons. The Morgan fingerprint density at radius 3 is 2.53 bits per heavy atom. The van der Waals surface area contributed by atoms with Crippen LogP contribution in [0.1, 0.15) is 47.0 Å². The van der Waals surface area contributed by atoms with Crippen LogP contribution in [0.5, 0.6) is 0 Å². The summed E-state index contributed by atoms with van der Waals surface area (Å²) in [6, 6.07) is 0.565. The fraction of sp³-hybridized carbons (Fsp3) is 1.00. The lowest BCUT2D eigenvalue weighted by molar-refractivity contribution is 0.0571. The summed E-state index contributed by atoms with van der Waals surface area (Å²) in [5.41, 5.74) is 0. The number of likely N-dealkylation sites (N-methyl/N-ethyl adjacent to an activating group) is 1. The maximum Gasteiger partial charge on any atom is 0.0754 e. The molecule has 1 saturated heterocycles. The van der Waals surface area contributed by atoms with Gasteiger partial charge in [-0.2, -0.15) is 0 Å². The van der Waals surface area contributed by atoms with E-state index in [9.17, 15) is 0 Å². The molecule has 1 rings (SSSR count). The maximum absolute atomic E-state index is 5.85. The molecule has 15 heavy (non-hydrogen) atoms. The number of ether oxygens (including phenoxy) is 1. The molecule has 2 nitrogen and oxygen atoms in total. The summed E-state index contributed by atoms with van der Waals surface area (Å²) >= 11 is 0. The van der Waals surface area contributed by atoms with Crippen molar-refractivity contribution in [2.45, 2.75) is 59.1 Å². The van der Waals surface area contributed by atoms with E-state index in [2.05, 4.69) is 33.0 Å². The molecule has 1 aliphatic heterocycles. The van der Waals surface area contributed by atoms with Gasteiger partial charge in [-0.3, -0.25) is 0 Å². The highest BCUT2D eigenvalue weighted by molar-refractivity contribution is 4.84. The normalized spacial score (nSPS) is 28.6. The fourth-order valence-corrected chi connectivity index (χ4v) is 2.39. The van der Waals surface area contributed by atoms with E-state index in [0.29, 0.717) is 12.1 Å². The minimum Gasteiger partial charge on any atom is -0.376 e. The Balaban J connectivity index is 2.41. The molecule has 0 aromatic rings. The van der Waals surface area contributed by atoms with Gasteiger partial charge in [-0.05, 0) is 37.6 Å². The Bertz CT molecular complexity index is 170. The maximum atomic E-state index is 5.85. The van der Waals surface area contributed by atoms with E-state index in [0.717, 1.165) is 25.0 Å². The third-order valence-corrected chi connectivity index (χ3v) is 3.36. The highest BCUT2D eigenvalue weighted by Gasteiger charge is 2.31. The van der Waals surface area contributed by atoms with Gasteiger partial charge in [0.1, 0.15) is 0 Å². The molecule has 3 unspecified atom stereocenters.